The van der Waals surface area contributed by atoms with E-state index in [9.17, 15) is 9.59 Å². The minimum Gasteiger partial charge on any atom is -0.453 e. The number of imidazole rings is 1. The number of methoxy groups -OCH3 is 1. The predicted octanol–water partition coefficient (Wildman–Crippen LogP) is 3.69. The van der Waals surface area contributed by atoms with E-state index in [0.717, 1.165) is 17.7 Å². The molecule has 2 amide bonds. The zero-order chi connectivity index (χ0) is 26.0. The van der Waals surface area contributed by atoms with Crippen LogP contribution in [0.3, 0.4) is 0 Å². The third kappa shape index (κ3) is 4.90. The number of nitrogens with zero attached hydrogens (tertiary/aromatic N) is 3. The van der Waals surface area contributed by atoms with Crippen molar-refractivity contribution in [1.82, 2.24) is 19.6 Å². The largest absolute Gasteiger partial charge is 0.453 e. The van der Waals surface area contributed by atoms with Gasteiger partial charge in [-0.15, -0.1) is 0 Å². The molecule has 0 unspecified atom stereocenters. The molecule has 3 heterocycles. The van der Waals surface area contributed by atoms with Gasteiger partial charge in [0.1, 0.15) is 17.3 Å². The summed E-state index contributed by atoms with van der Waals surface area (Å²) in [4.78, 5) is 30.5. The Morgan fingerprint density at radius 1 is 1.28 bits per heavy atom. The molecule has 1 N–H and O–H groups in total. The van der Waals surface area contributed by atoms with Gasteiger partial charge in [-0.05, 0) is 43.0 Å². The number of hydrogen-bond donors (Lipinski definition) is 1. The molecule has 0 saturated carbocycles. The molecule has 1 aliphatic heterocycles. The van der Waals surface area contributed by atoms with Gasteiger partial charge in [0.05, 0.1) is 42.0 Å². The number of amides is 2. The summed E-state index contributed by atoms with van der Waals surface area (Å²) in [5.41, 5.74) is 1.75. The summed E-state index contributed by atoms with van der Waals surface area (Å²) in [5.74, 6) is -2.37. The van der Waals surface area contributed by atoms with Crippen molar-refractivity contribution in [1.29, 1.82) is 0 Å². The van der Waals surface area contributed by atoms with Gasteiger partial charge in [-0.2, -0.15) is 11.8 Å². The number of carbonyl (C=O) groups excluding carboxylic acids is 2. The van der Waals surface area contributed by atoms with Crippen LogP contribution < -0.4 is 5.32 Å². The van der Waals surface area contributed by atoms with Crippen LogP contribution in [0, 0.1) is 18.6 Å². The third-order valence-electron chi connectivity index (χ3n) is 6.35. The number of fused-ring (bicyclic) bond motifs is 1. The molecule has 1 fully saturated rings. The first kappa shape index (κ1) is 25.9. The van der Waals surface area contributed by atoms with Crippen molar-refractivity contribution in [2.24, 2.45) is 0 Å². The number of rotatable bonds is 5. The Bertz CT molecular complexity index is 1290. The van der Waals surface area contributed by atoms with Gasteiger partial charge in [0, 0.05) is 38.3 Å². The van der Waals surface area contributed by atoms with Crippen molar-refractivity contribution >= 4 is 29.4 Å². The summed E-state index contributed by atoms with van der Waals surface area (Å²) >= 11 is 1.51. The molecule has 1 aromatic carbocycles. The summed E-state index contributed by atoms with van der Waals surface area (Å²) in [5, 5.41) is 2.37. The van der Waals surface area contributed by atoms with Crippen LogP contribution in [0.5, 0.6) is 0 Å². The van der Waals surface area contributed by atoms with Gasteiger partial charge in [-0.25, -0.2) is 18.6 Å². The zero-order valence-electron chi connectivity index (χ0n) is 20.6. The SMILES string of the molecule is CNC(=O)c1cc(F)c(-c2nc3cc(C)ccn3c2C[C@@]2(SC)COCCN(C(=O)OC)C2)c(F)c1. The molecule has 1 aliphatic rings. The molecular formula is C25H28F2N4O4S. The zero-order valence-corrected chi connectivity index (χ0v) is 21.4. The van der Waals surface area contributed by atoms with Crippen LogP contribution in [0.25, 0.3) is 16.9 Å². The Balaban J connectivity index is 1.87. The fraction of sp³-hybridized carbons (Fsp3) is 0.400. The molecule has 2 aromatic heterocycles. The molecule has 8 nitrogen and oxygen atoms in total. The van der Waals surface area contributed by atoms with E-state index in [2.05, 4.69) is 10.3 Å². The molecule has 1 atom stereocenters. The van der Waals surface area contributed by atoms with E-state index in [1.165, 1.54) is 25.9 Å². The summed E-state index contributed by atoms with van der Waals surface area (Å²) in [6.07, 6.45) is 3.57. The molecule has 36 heavy (non-hydrogen) atoms. The summed E-state index contributed by atoms with van der Waals surface area (Å²) in [6.45, 7) is 3.27. The van der Waals surface area contributed by atoms with E-state index in [4.69, 9.17) is 9.47 Å². The molecule has 3 aromatic rings. The first-order valence-electron chi connectivity index (χ1n) is 11.4. The smallest absolute Gasteiger partial charge is 0.409 e. The first-order chi connectivity index (χ1) is 17.2. The number of thioether (sulfide) groups is 1. The van der Waals surface area contributed by atoms with Gasteiger partial charge >= 0.3 is 6.09 Å². The fourth-order valence-electron chi connectivity index (χ4n) is 4.44. The lowest BCUT2D eigenvalue weighted by Crippen LogP contribution is -2.46. The number of carbonyl (C=O) groups is 2. The van der Waals surface area contributed by atoms with Gasteiger partial charge in [0.2, 0.25) is 0 Å². The van der Waals surface area contributed by atoms with Gasteiger partial charge in [0.15, 0.2) is 0 Å². The Morgan fingerprint density at radius 3 is 2.64 bits per heavy atom. The van der Waals surface area contributed by atoms with Crippen molar-refractivity contribution in [2.75, 3.05) is 46.7 Å². The average molecular weight is 519 g/mol. The van der Waals surface area contributed by atoms with Crippen molar-refractivity contribution in [3.8, 4) is 11.3 Å². The monoisotopic (exact) mass is 518 g/mol. The molecule has 192 valence electrons. The van der Waals surface area contributed by atoms with Crippen LogP contribution in [0.15, 0.2) is 30.5 Å². The number of hydrogen-bond acceptors (Lipinski definition) is 6. The van der Waals surface area contributed by atoms with Crippen molar-refractivity contribution in [3.63, 3.8) is 0 Å². The molecule has 11 heteroatoms. The van der Waals surface area contributed by atoms with Crippen LogP contribution >= 0.6 is 11.8 Å². The number of nitrogens with one attached hydrogen (secondary N) is 1. The Morgan fingerprint density at radius 2 is 2.00 bits per heavy atom. The molecule has 0 aliphatic carbocycles. The van der Waals surface area contributed by atoms with E-state index < -0.39 is 28.4 Å². The Labute approximate surface area is 212 Å². The number of ether oxygens (including phenoxy) is 2. The van der Waals surface area contributed by atoms with Crippen LogP contribution in [-0.2, 0) is 15.9 Å². The second-order valence-corrected chi connectivity index (χ2v) is 10.0. The highest BCUT2D eigenvalue weighted by atomic mass is 32.2. The van der Waals surface area contributed by atoms with Crippen molar-refractivity contribution in [3.05, 3.63) is 58.9 Å². The molecule has 1 saturated heterocycles. The van der Waals surface area contributed by atoms with Crippen LogP contribution in [0.4, 0.5) is 13.6 Å². The Kier molecular flexibility index (Phi) is 7.51. The standard InChI is InChI=1S/C25H28F2N4O4S/c1-15-5-6-31-19(12-25(36-4)13-30(24(33)34-3)7-8-35-14-25)22(29-20(31)9-15)21-17(26)10-16(11-18(21)27)23(32)28-2/h5-6,9-11H,7-8,12-14H2,1-4H3,(H,28,32)/t25-/m0/s1. The average Bonchev–Trinajstić information content (AvgIpc) is 3.05. The maximum Gasteiger partial charge on any atom is 0.409 e. The van der Waals surface area contributed by atoms with Crippen LogP contribution in [-0.4, -0.2) is 77.7 Å². The van der Waals surface area contributed by atoms with Gasteiger partial charge < -0.3 is 24.1 Å². The highest BCUT2D eigenvalue weighted by Crippen LogP contribution is 2.37. The number of pyridine rings is 1. The molecule has 0 bridgehead atoms. The first-order valence-corrected chi connectivity index (χ1v) is 12.6. The van der Waals surface area contributed by atoms with E-state index in [0.29, 0.717) is 44.1 Å². The van der Waals surface area contributed by atoms with Gasteiger partial charge in [-0.1, -0.05) is 0 Å². The summed E-state index contributed by atoms with van der Waals surface area (Å²) in [7, 11) is 2.72. The van der Waals surface area contributed by atoms with Crippen molar-refractivity contribution in [2.45, 2.75) is 18.1 Å². The number of aromatic nitrogens is 2. The topological polar surface area (TPSA) is 85.2 Å². The maximum atomic E-state index is 15.3. The summed E-state index contributed by atoms with van der Waals surface area (Å²) < 4.78 is 42.7. The van der Waals surface area contributed by atoms with Gasteiger partial charge in [0.25, 0.3) is 5.91 Å². The summed E-state index contributed by atoms with van der Waals surface area (Å²) in [6, 6.07) is 5.74. The lowest BCUT2D eigenvalue weighted by molar-refractivity contribution is 0.0962. The maximum absolute atomic E-state index is 15.3. The Hall–Kier alpha value is -3.18. The van der Waals surface area contributed by atoms with E-state index in [1.807, 2.05) is 31.5 Å². The minimum absolute atomic E-state index is 0.121. The fourth-order valence-corrected chi connectivity index (χ4v) is 5.21. The highest BCUT2D eigenvalue weighted by Gasteiger charge is 2.39. The predicted molar refractivity (Wildman–Crippen MR) is 133 cm³/mol. The number of aryl methyl sites for hydroxylation is 1. The number of halogens is 2. The molecule has 0 spiro atoms. The minimum atomic E-state index is -0.888. The number of benzene rings is 1. The van der Waals surface area contributed by atoms with E-state index >= 15 is 8.78 Å². The van der Waals surface area contributed by atoms with Gasteiger partial charge in [-0.3, -0.25) is 4.79 Å². The normalized spacial score (nSPS) is 18.2. The molecule has 4 rings (SSSR count). The third-order valence-corrected chi connectivity index (χ3v) is 7.61. The van der Waals surface area contributed by atoms with Crippen LogP contribution in [0.1, 0.15) is 21.6 Å². The van der Waals surface area contributed by atoms with Crippen molar-refractivity contribution < 1.29 is 27.8 Å². The lowest BCUT2D eigenvalue weighted by atomic mass is 9.97. The quantitative estimate of drug-likeness (QED) is 0.555. The lowest BCUT2D eigenvalue weighted by Gasteiger charge is -2.33. The molecule has 0 radical (unpaired) electrons. The second-order valence-electron chi connectivity index (χ2n) is 8.74. The second kappa shape index (κ2) is 10.4. The van der Waals surface area contributed by atoms with Crippen LogP contribution in [0.2, 0.25) is 0 Å². The van der Waals surface area contributed by atoms with E-state index in [-0.39, 0.29) is 16.8 Å². The molecular weight excluding hydrogens is 490 g/mol. The van der Waals surface area contributed by atoms with E-state index in [1.54, 1.807) is 9.30 Å². The highest BCUT2D eigenvalue weighted by molar-refractivity contribution is 8.00.